The van der Waals surface area contributed by atoms with Crippen LogP contribution >= 0.6 is 0 Å². The maximum absolute atomic E-state index is 10.2. The first kappa shape index (κ1) is 10.4. The molecule has 0 aliphatic carbocycles. The fourth-order valence-corrected chi connectivity index (χ4v) is 0.994. The highest BCUT2D eigenvalue weighted by Gasteiger charge is 2.00. The van der Waals surface area contributed by atoms with E-state index in [2.05, 4.69) is 0 Å². The number of anilines is 1. The molecule has 14 heavy (non-hydrogen) atoms. The average molecular weight is 195 g/mol. The van der Waals surface area contributed by atoms with Crippen LogP contribution < -0.4 is 10.5 Å². The SMILES string of the molecule is Cc1cc(OCCC(=O)O)ccc1N. The van der Waals surface area contributed by atoms with E-state index >= 15 is 0 Å². The first-order valence-electron chi connectivity index (χ1n) is 4.30. The molecule has 0 aliphatic rings. The smallest absolute Gasteiger partial charge is 0.306 e. The second-order valence-corrected chi connectivity index (χ2v) is 3.01. The van der Waals surface area contributed by atoms with Crippen LogP contribution in [0.15, 0.2) is 18.2 Å². The number of benzene rings is 1. The fourth-order valence-electron chi connectivity index (χ4n) is 0.994. The summed E-state index contributed by atoms with van der Waals surface area (Å²) in [4.78, 5) is 10.2. The molecule has 0 fully saturated rings. The summed E-state index contributed by atoms with van der Waals surface area (Å²) in [7, 11) is 0. The van der Waals surface area contributed by atoms with Gasteiger partial charge < -0.3 is 15.6 Å². The minimum atomic E-state index is -0.864. The van der Waals surface area contributed by atoms with Crippen molar-refractivity contribution >= 4 is 11.7 Å². The molecule has 1 aromatic rings. The molecular weight excluding hydrogens is 182 g/mol. The van der Waals surface area contributed by atoms with E-state index in [-0.39, 0.29) is 13.0 Å². The van der Waals surface area contributed by atoms with E-state index in [1.54, 1.807) is 18.2 Å². The second-order valence-electron chi connectivity index (χ2n) is 3.01. The van der Waals surface area contributed by atoms with Gasteiger partial charge in [-0.05, 0) is 30.7 Å². The number of aryl methyl sites for hydroxylation is 1. The van der Waals surface area contributed by atoms with Crippen molar-refractivity contribution < 1.29 is 14.6 Å². The van der Waals surface area contributed by atoms with Crippen LogP contribution in [0.5, 0.6) is 5.75 Å². The predicted octanol–water partition coefficient (Wildman–Crippen LogP) is 1.43. The molecule has 0 spiro atoms. The summed E-state index contributed by atoms with van der Waals surface area (Å²) in [5.74, 6) is -0.213. The Morgan fingerprint density at radius 1 is 1.57 bits per heavy atom. The van der Waals surface area contributed by atoms with Crippen molar-refractivity contribution in [2.75, 3.05) is 12.3 Å². The summed E-state index contributed by atoms with van der Waals surface area (Å²) in [6.45, 7) is 2.05. The molecule has 0 bridgehead atoms. The van der Waals surface area contributed by atoms with Gasteiger partial charge >= 0.3 is 5.97 Å². The number of hydrogen-bond acceptors (Lipinski definition) is 3. The van der Waals surface area contributed by atoms with Gasteiger partial charge in [0.2, 0.25) is 0 Å². The summed E-state index contributed by atoms with van der Waals surface area (Å²) >= 11 is 0. The minimum Gasteiger partial charge on any atom is -0.493 e. The van der Waals surface area contributed by atoms with Crippen molar-refractivity contribution in [3.8, 4) is 5.75 Å². The standard InChI is InChI=1S/C10H13NO3/c1-7-6-8(2-3-9(7)11)14-5-4-10(12)13/h2-3,6H,4-5,11H2,1H3,(H,12,13). The highest BCUT2D eigenvalue weighted by atomic mass is 16.5. The molecule has 1 aromatic carbocycles. The Labute approximate surface area is 82.3 Å². The third-order valence-corrected chi connectivity index (χ3v) is 1.83. The molecule has 0 amide bonds. The molecule has 1 rings (SSSR count). The van der Waals surface area contributed by atoms with E-state index in [1.807, 2.05) is 6.92 Å². The number of aliphatic carboxylic acids is 1. The molecule has 76 valence electrons. The average Bonchev–Trinajstić information content (AvgIpc) is 2.10. The molecule has 4 nitrogen and oxygen atoms in total. The van der Waals surface area contributed by atoms with Crippen molar-refractivity contribution in [2.24, 2.45) is 0 Å². The zero-order valence-corrected chi connectivity index (χ0v) is 7.99. The zero-order valence-electron chi connectivity index (χ0n) is 7.99. The summed E-state index contributed by atoms with van der Waals surface area (Å²) < 4.78 is 5.22. The lowest BCUT2D eigenvalue weighted by Gasteiger charge is -2.06. The Hall–Kier alpha value is -1.71. The highest BCUT2D eigenvalue weighted by molar-refractivity contribution is 5.66. The number of ether oxygens (including phenoxy) is 1. The lowest BCUT2D eigenvalue weighted by atomic mass is 10.2. The Balaban J connectivity index is 2.51. The lowest BCUT2D eigenvalue weighted by Crippen LogP contribution is -2.05. The van der Waals surface area contributed by atoms with E-state index in [0.717, 1.165) is 5.56 Å². The van der Waals surface area contributed by atoms with Crippen LogP contribution in [0.4, 0.5) is 5.69 Å². The topological polar surface area (TPSA) is 72.5 Å². The number of rotatable bonds is 4. The van der Waals surface area contributed by atoms with Gasteiger partial charge in [0.1, 0.15) is 5.75 Å². The first-order chi connectivity index (χ1) is 6.59. The number of nitrogen functional groups attached to an aromatic ring is 1. The third-order valence-electron chi connectivity index (χ3n) is 1.83. The maximum atomic E-state index is 10.2. The van der Waals surface area contributed by atoms with Crippen molar-refractivity contribution in [3.63, 3.8) is 0 Å². The van der Waals surface area contributed by atoms with Gasteiger partial charge in [0.25, 0.3) is 0 Å². The van der Waals surface area contributed by atoms with Gasteiger partial charge in [-0.1, -0.05) is 0 Å². The van der Waals surface area contributed by atoms with Gasteiger partial charge in [0.05, 0.1) is 13.0 Å². The summed E-state index contributed by atoms with van der Waals surface area (Å²) in [5.41, 5.74) is 7.25. The molecule has 0 saturated heterocycles. The van der Waals surface area contributed by atoms with Gasteiger partial charge in [0.15, 0.2) is 0 Å². The minimum absolute atomic E-state index is 0.00340. The van der Waals surface area contributed by atoms with Crippen LogP contribution in [0.1, 0.15) is 12.0 Å². The summed E-state index contributed by atoms with van der Waals surface area (Å²) in [6.07, 6.45) is 0.00340. The van der Waals surface area contributed by atoms with E-state index < -0.39 is 5.97 Å². The van der Waals surface area contributed by atoms with Gasteiger partial charge in [-0.3, -0.25) is 4.79 Å². The monoisotopic (exact) mass is 195 g/mol. The molecular formula is C10H13NO3. The molecule has 0 radical (unpaired) electrons. The Morgan fingerprint density at radius 3 is 2.86 bits per heavy atom. The largest absolute Gasteiger partial charge is 0.493 e. The van der Waals surface area contributed by atoms with E-state index in [1.165, 1.54) is 0 Å². The molecule has 3 N–H and O–H groups in total. The molecule has 0 aliphatic heterocycles. The van der Waals surface area contributed by atoms with Crippen LogP contribution in [0, 0.1) is 6.92 Å². The number of carboxylic acid groups (broad SMARTS) is 1. The fraction of sp³-hybridized carbons (Fsp3) is 0.300. The van der Waals surface area contributed by atoms with Crippen molar-refractivity contribution in [1.82, 2.24) is 0 Å². The van der Waals surface area contributed by atoms with Crippen LogP contribution in [0.3, 0.4) is 0 Å². The molecule has 0 heterocycles. The Kier molecular flexibility index (Phi) is 3.34. The van der Waals surface area contributed by atoms with Crippen LogP contribution in [0.2, 0.25) is 0 Å². The number of hydrogen-bond donors (Lipinski definition) is 2. The van der Waals surface area contributed by atoms with Crippen LogP contribution in [-0.4, -0.2) is 17.7 Å². The summed E-state index contributed by atoms with van der Waals surface area (Å²) in [6, 6.07) is 5.26. The summed E-state index contributed by atoms with van der Waals surface area (Å²) in [5, 5.41) is 8.39. The lowest BCUT2D eigenvalue weighted by molar-refractivity contribution is -0.137. The zero-order chi connectivity index (χ0) is 10.6. The Bertz CT molecular complexity index is 336. The predicted molar refractivity (Wildman–Crippen MR) is 53.3 cm³/mol. The van der Waals surface area contributed by atoms with Gasteiger partial charge in [-0.2, -0.15) is 0 Å². The molecule has 4 heteroatoms. The van der Waals surface area contributed by atoms with Crippen molar-refractivity contribution in [2.45, 2.75) is 13.3 Å². The Morgan fingerprint density at radius 2 is 2.29 bits per heavy atom. The number of carbonyl (C=O) groups is 1. The van der Waals surface area contributed by atoms with Crippen molar-refractivity contribution in [3.05, 3.63) is 23.8 Å². The second kappa shape index (κ2) is 4.50. The van der Waals surface area contributed by atoms with E-state index in [9.17, 15) is 4.79 Å². The van der Waals surface area contributed by atoms with Gasteiger partial charge in [0, 0.05) is 5.69 Å². The van der Waals surface area contributed by atoms with Crippen LogP contribution in [-0.2, 0) is 4.79 Å². The number of carboxylic acids is 1. The quantitative estimate of drug-likeness (QED) is 0.713. The molecule has 0 saturated carbocycles. The number of nitrogens with two attached hydrogens (primary N) is 1. The van der Waals surface area contributed by atoms with Gasteiger partial charge in [-0.25, -0.2) is 0 Å². The first-order valence-corrected chi connectivity index (χ1v) is 4.30. The third kappa shape index (κ3) is 2.97. The highest BCUT2D eigenvalue weighted by Crippen LogP contribution is 2.18. The van der Waals surface area contributed by atoms with E-state index in [0.29, 0.717) is 11.4 Å². The van der Waals surface area contributed by atoms with Gasteiger partial charge in [-0.15, -0.1) is 0 Å². The van der Waals surface area contributed by atoms with E-state index in [4.69, 9.17) is 15.6 Å². The normalized spacial score (nSPS) is 9.79. The maximum Gasteiger partial charge on any atom is 0.306 e. The van der Waals surface area contributed by atoms with Crippen molar-refractivity contribution in [1.29, 1.82) is 0 Å². The molecule has 0 atom stereocenters. The van der Waals surface area contributed by atoms with Crippen LogP contribution in [0.25, 0.3) is 0 Å². The molecule has 0 aromatic heterocycles. The molecule has 0 unspecified atom stereocenters.